The molecule has 5 nitrogen and oxygen atoms in total. The third-order valence-corrected chi connectivity index (χ3v) is 6.69. The molecule has 2 heterocycles. The van der Waals surface area contributed by atoms with E-state index in [1.165, 1.54) is 19.3 Å². The predicted octanol–water partition coefficient (Wildman–Crippen LogP) is 2.28. The number of carbonyl (C=O) groups excluding carboxylic acids is 1. The molecule has 3 aliphatic rings. The van der Waals surface area contributed by atoms with Crippen molar-refractivity contribution in [2.45, 2.75) is 57.5 Å². The lowest BCUT2D eigenvalue weighted by atomic mass is 9.65. The van der Waals surface area contributed by atoms with E-state index in [2.05, 4.69) is 10.00 Å². The van der Waals surface area contributed by atoms with E-state index in [0.717, 1.165) is 45.3 Å². The van der Waals surface area contributed by atoms with Gasteiger partial charge in [0, 0.05) is 44.0 Å². The van der Waals surface area contributed by atoms with Gasteiger partial charge in [-0.3, -0.25) is 9.48 Å². The fourth-order valence-corrected chi connectivity index (χ4v) is 5.26. The Morgan fingerprint density at radius 2 is 1.83 bits per heavy atom. The molecule has 1 aliphatic heterocycles. The Morgan fingerprint density at radius 3 is 2.46 bits per heavy atom. The molecular weight excluding hydrogens is 300 g/mol. The maximum Gasteiger partial charge on any atom is 0.225 e. The lowest BCUT2D eigenvalue weighted by Gasteiger charge is -2.45. The highest BCUT2D eigenvalue weighted by molar-refractivity contribution is 5.79. The lowest BCUT2D eigenvalue weighted by molar-refractivity contribution is -0.140. The quantitative estimate of drug-likeness (QED) is 0.925. The molecule has 1 aromatic rings. The van der Waals surface area contributed by atoms with E-state index in [9.17, 15) is 4.79 Å². The number of piperidine rings is 1. The van der Waals surface area contributed by atoms with E-state index < -0.39 is 0 Å². The zero-order valence-electron chi connectivity index (χ0n) is 14.5. The van der Waals surface area contributed by atoms with Crippen molar-refractivity contribution in [3.05, 3.63) is 18.5 Å². The zero-order valence-corrected chi connectivity index (χ0v) is 14.5. The molecule has 24 heavy (non-hydrogen) atoms. The Morgan fingerprint density at radius 1 is 1.12 bits per heavy atom. The molecule has 0 radical (unpaired) electrons. The first-order valence-electron chi connectivity index (χ1n) is 9.72. The van der Waals surface area contributed by atoms with Gasteiger partial charge in [-0.15, -0.1) is 0 Å². The van der Waals surface area contributed by atoms with Crippen LogP contribution >= 0.6 is 0 Å². The Hall–Kier alpha value is -1.36. The maximum atomic E-state index is 13.0. The summed E-state index contributed by atoms with van der Waals surface area (Å²) >= 11 is 0. The summed E-state index contributed by atoms with van der Waals surface area (Å²) in [6, 6.07) is 2.33. The summed E-state index contributed by atoms with van der Waals surface area (Å²) < 4.78 is 2.02. The van der Waals surface area contributed by atoms with Crippen molar-refractivity contribution in [3.63, 3.8) is 0 Å². The van der Waals surface area contributed by atoms with Crippen molar-refractivity contribution in [2.75, 3.05) is 13.1 Å². The third-order valence-electron chi connectivity index (χ3n) is 6.69. The molecule has 2 unspecified atom stereocenters. The highest BCUT2D eigenvalue weighted by Gasteiger charge is 2.41. The molecule has 1 saturated heterocycles. The molecule has 2 atom stereocenters. The second-order valence-electron chi connectivity index (χ2n) is 8.19. The number of hydrogen-bond donors (Lipinski definition) is 1. The van der Waals surface area contributed by atoms with Gasteiger partial charge in [-0.1, -0.05) is 6.42 Å². The number of rotatable bonds is 3. The molecule has 132 valence electrons. The first-order valence-corrected chi connectivity index (χ1v) is 9.72. The van der Waals surface area contributed by atoms with Crippen LogP contribution in [0.15, 0.2) is 18.5 Å². The molecule has 0 spiro atoms. The number of nitrogens with two attached hydrogens (primary N) is 1. The number of likely N-dealkylation sites (tertiary alicyclic amines) is 1. The molecule has 2 N–H and O–H groups in total. The average Bonchev–Trinajstić information content (AvgIpc) is 3.08. The number of aromatic nitrogens is 2. The molecule has 2 bridgehead atoms. The fourth-order valence-electron chi connectivity index (χ4n) is 5.26. The van der Waals surface area contributed by atoms with Crippen LogP contribution in [-0.4, -0.2) is 39.7 Å². The van der Waals surface area contributed by atoms with Gasteiger partial charge in [0.25, 0.3) is 0 Å². The van der Waals surface area contributed by atoms with Crippen LogP contribution < -0.4 is 5.73 Å². The van der Waals surface area contributed by atoms with E-state index >= 15 is 0 Å². The van der Waals surface area contributed by atoms with Crippen LogP contribution in [0.25, 0.3) is 0 Å². The van der Waals surface area contributed by atoms with Crippen LogP contribution in [0.5, 0.6) is 0 Å². The Balaban J connectivity index is 1.30. The summed E-state index contributed by atoms with van der Waals surface area (Å²) in [5.74, 6) is 2.47. The van der Waals surface area contributed by atoms with Crippen LogP contribution in [0.4, 0.5) is 0 Å². The minimum atomic E-state index is 0.239. The summed E-state index contributed by atoms with van der Waals surface area (Å²) in [5, 5.41) is 4.30. The molecular formula is C19H30N4O. The van der Waals surface area contributed by atoms with Crippen LogP contribution in [-0.2, 0) is 11.3 Å². The van der Waals surface area contributed by atoms with E-state index in [0.29, 0.717) is 29.7 Å². The SMILES string of the molecule is NC1C2CCCC1CC(C(=O)N1CCC(Cn3cccn3)CC1)C2. The van der Waals surface area contributed by atoms with Crippen molar-refractivity contribution in [1.82, 2.24) is 14.7 Å². The summed E-state index contributed by atoms with van der Waals surface area (Å²) in [4.78, 5) is 15.1. The van der Waals surface area contributed by atoms with Crippen molar-refractivity contribution in [3.8, 4) is 0 Å². The lowest BCUT2D eigenvalue weighted by Crippen LogP contribution is -2.50. The molecule has 3 fully saturated rings. The van der Waals surface area contributed by atoms with Gasteiger partial charge < -0.3 is 10.6 Å². The van der Waals surface area contributed by atoms with Gasteiger partial charge >= 0.3 is 0 Å². The first-order chi connectivity index (χ1) is 11.7. The fraction of sp³-hybridized carbons (Fsp3) is 0.789. The van der Waals surface area contributed by atoms with Crippen molar-refractivity contribution in [1.29, 1.82) is 0 Å². The summed E-state index contributed by atoms with van der Waals surface area (Å²) in [5.41, 5.74) is 6.37. The van der Waals surface area contributed by atoms with Crippen molar-refractivity contribution < 1.29 is 4.79 Å². The van der Waals surface area contributed by atoms with Gasteiger partial charge in [0.2, 0.25) is 5.91 Å². The van der Waals surface area contributed by atoms with Crippen LogP contribution in [0.1, 0.15) is 44.9 Å². The molecule has 4 rings (SSSR count). The van der Waals surface area contributed by atoms with E-state index in [1.807, 2.05) is 23.1 Å². The van der Waals surface area contributed by atoms with Gasteiger partial charge in [0.05, 0.1) is 0 Å². The van der Waals surface area contributed by atoms with Crippen LogP contribution in [0.3, 0.4) is 0 Å². The summed E-state index contributed by atoms with van der Waals surface area (Å²) in [6.45, 7) is 2.82. The van der Waals surface area contributed by atoms with E-state index in [1.54, 1.807) is 0 Å². The summed E-state index contributed by atoms with van der Waals surface area (Å²) in [6.07, 6.45) is 11.9. The molecule has 5 heteroatoms. The number of nitrogens with zero attached hydrogens (tertiary/aromatic N) is 3. The number of carbonyl (C=O) groups is 1. The van der Waals surface area contributed by atoms with Gasteiger partial charge in [-0.2, -0.15) is 5.10 Å². The minimum Gasteiger partial charge on any atom is -0.342 e. The van der Waals surface area contributed by atoms with E-state index in [4.69, 9.17) is 5.73 Å². The Kier molecular flexibility index (Phi) is 4.61. The zero-order chi connectivity index (χ0) is 16.5. The van der Waals surface area contributed by atoms with Gasteiger partial charge in [-0.05, 0) is 62.3 Å². The molecule has 2 saturated carbocycles. The maximum absolute atomic E-state index is 13.0. The highest BCUT2D eigenvalue weighted by atomic mass is 16.2. The van der Waals surface area contributed by atoms with Gasteiger partial charge in [0.15, 0.2) is 0 Å². The number of fused-ring (bicyclic) bond motifs is 2. The normalized spacial score (nSPS) is 34.3. The average molecular weight is 330 g/mol. The summed E-state index contributed by atoms with van der Waals surface area (Å²) in [7, 11) is 0. The van der Waals surface area contributed by atoms with Crippen molar-refractivity contribution in [2.24, 2.45) is 29.4 Å². The predicted molar refractivity (Wildman–Crippen MR) is 93.1 cm³/mol. The third kappa shape index (κ3) is 3.23. The van der Waals surface area contributed by atoms with Crippen molar-refractivity contribution >= 4 is 5.91 Å². The standard InChI is InChI=1S/C19H30N4O/c20-18-15-3-1-4-16(18)12-17(11-15)19(24)22-9-5-14(6-10-22)13-23-8-2-7-21-23/h2,7-8,14-18H,1,3-6,9-13,20H2. The molecule has 2 aliphatic carbocycles. The second-order valence-corrected chi connectivity index (χ2v) is 8.19. The Bertz CT molecular complexity index is 536. The smallest absolute Gasteiger partial charge is 0.225 e. The number of hydrogen-bond acceptors (Lipinski definition) is 3. The first kappa shape index (κ1) is 16.1. The van der Waals surface area contributed by atoms with E-state index in [-0.39, 0.29) is 5.92 Å². The Labute approximate surface area is 144 Å². The van der Waals surface area contributed by atoms with Crippen LogP contribution in [0.2, 0.25) is 0 Å². The van der Waals surface area contributed by atoms with Crippen LogP contribution in [0, 0.1) is 23.7 Å². The van der Waals surface area contributed by atoms with Gasteiger partial charge in [0.1, 0.15) is 0 Å². The highest BCUT2D eigenvalue weighted by Crippen LogP contribution is 2.42. The molecule has 0 aromatic carbocycles. The van der Waals surface area contributed by atoms with Gasteiger partial charge in [-0.25, -0.2) is 0 Å². The number of amides is 1. The monoisotopic (exact) mass is 330 g/mol. The second kappa shape index (κ2) is 6.87. The molecule has 1 aromatic heterocycles. The topological polar surface area (TPSA) is 64.2 Å². The molecule has 1 amide bonds. The largest absolute Gasteiger partial charge is 0.342 e. The minimum absolute atomic E-state index is 0.239.